The molecule has 0 saturated carbocycles. The van der Waals surface area contributed by atoms with Gasteiger partial charge in [-0.3, -0.25) is 10.1 Å². The maximum Gasteiger partial charge on any atom is 0.336 e. The average molecular weight is 393 g/mol. The van der Waals surface area contributed by atoms with Crippen LogP contribution in [0.15, 0.2) is 36.4 Å². The fourth-order valence-electron chi connectivity index (χ4n) is 4.29. The Bertz CT molecular complexity index is 984. The van der Waals surface area contributed by atoms with Gasteiger partial charge in [0, 0.05) is 18.0 Å². The first-order valence-corrected chi connectivity index (χ1v) is 9.92. The number of carbonyl (C=O) groups is 2. The summed E-state index contributed by atoms with van der Waals surface area (Å²) in [5.41, 5.74) is 0.246. The highest BCUT2D eigenvalue weighted by Gasteiger charge is 2.37. The van der Waals surface area contributed by atoms with Crippen LogP contribution in [0.2, 0.25) is 0 Å². The molecule has 4 rings (SSSR count). The number of nitrogens with zero attached hydrogens (tertiary/aromatic N) is 2. The maximum absolute atomic E-state index is 12.7. The third kappa shape index (κ3) is 3.76. The molecule has 2 aliphatic rings. The number of likely N-dealkylation sites (tertiary alicyclic amines) is 1. The van der Waals surface area contributed by atoms with E-state index in [9.17, 15) is 20.0 Å². The van der Waals surface area contributed by atoms with E-state index in [2.05, 4.69) is 11.4 Å². The minimum atomic E-state index is -0.968. The van der Waals surface area contributed by atoms with Gasteiger partial charge in [0.1, 0.15) is 18.4 Å². The molecule has 2 N–H and O–H groups in total. The van der Waals surface area contributed by atoms with Gasteiger partial charge in [-0.05, 0) is 43.2 Å². The van der Waals surface area contributed by atoms with Gasteiger partial charge in [-0.15, -0.1) is 0 Å². The van der Waals surface area contributed by atoms with Crippen molar-refractivity contribution < 1.29 is 19.4 Å². The van der Waals surface area contributed by atoms with Gasteiger partial charge < -0.3 is 14.7 Å². The molecule has 2 aromatic carbocycles. The molecule has 0 spiro atoms. The van der Waals surface area contributed by atoms with E-state index in [1.807, 2.05) is 12.1 Å². The smallest absolute Gasteiger partial charge is 0.336 e. The lowest BCUT2D eigenvalue weighted by Crippen LogP contribution is -2.47. The Hall–Kier alpha value is -3.11. The molecule has 1 amide bonds. The Kier molecular flexibility index (Phi) is 5.36. The Morgan fingerprint density at radius 3 is 2.76 bits per heavy atom. The number of hydrogen-bond acceptors (Lipinski definition) is 5. The summed E-state index contributed by atoms with van der Waals surface area (Å²) in [6.45, 7) is 1.04. The third-order valence-electron chi connectivity index (χ3n) is 5.78. The number of carbonyl (C=O) groups excluding carboxylic acids is 1. The summed E-state index contributed by atoms with van der Waals surface area (Å²) in [6, 6.07) is 12.2. The average Bonchev–Trinajstić information content (AvgIpc) is 3.40. The minimum Gasteiger partial charge on any atom is -0.491 e. The van der Waals surface area contributed by atoms with Crippen molar-refractivity contribution in [3.63, 3.8) is 0 Å². The number of fused-ring (bicyclic) bond motifs is 1. The van der Waals surface area contributed by atoms with Crippen LogP contribution >= 0.6 is 0 Å². The van der Waals surface area contributed by atoms with Gasteiger partial charge in [0.2, 0.25) is 5.91 Å². The van der Waals surface area contributed by atoms with Crippen LogP contribution in [0.1, 0.15) is 36.0 Å². The van der Waals surface area contributed by atoms with Crippen molar-refractivity contribution in [3.05, 3.63) is 42.0 Å². The number of nitrogens with one attached hydrogen (secondary N) is 1. The fourth-order valence-corrected chi connectivity index (χ4v) is 4.29. The van der Waals surface area contributed by atoms with E-state index < -0.39 is 5.97 Å². The van der Waals surface area contributed by atoms with Crippen molar-refractivity contribution in [1.82, 2.24) is 10.2 Å². The van der Waals surface area contributed by atoms with Crippen LogP contribution < -0.4 is 10.1 Å². The fraction of sp³-hybridized carbons (Fsp3) is 0.409. The largest absolute Gasteiger partial charge is 0.491 e. The normalized spacial score (nSPS) is 23.8. The molecule has 0 bridgehead atoms. The van der Waals surface area contributed by atoms with Crippen molar-refractivity contribution in [1.29, 1.82) is 5.26 Å². The molecule has 0 radical (unpaired) electrons. The van der Waals surface area contributed by atoms with Crippen molar-refractivity contribution >= 4 is 22.6 Å². The van der Waals surface area contributed by atoms with Gasteiger partial charge in [0.25, 0.3) is 0 Å². The van der Waals surface area contributed by atoms with Crippen molar-refractivity contribution in [3.8, 4) is 11.8 Å². The number of carboxylic acids is 1. The molecule has 2 heterocycles. The predicted molar refractivity (Wildman–Crippen MR) is 107 cm³/mol. The first kappa shape index (κ1) is 19.2. The highest BCUT2D eigenvalue weighted by atomic mass is 16.5. The molecule has 3 atom stereocenters. The Labute approximate surface area is 168 Å². The van der Waals surface area contributed by atoms with Crippen LogP contribution in [-0.4, -0.2) is 53.2 Å². The van der Waals surface area contributed by atoms with Gasteiger partial charge >= 0.3 is 5.97 Å². The molecule has 2 saturated heterocycles. The summed E-state index contributed by atoms with van der Waals surface area (Å²) in [5.74, 6) is -0.330. The number of nitriles is 1. The number of hydrogen-bond donors (Lipinski definition) is 2. The van der Waals surface area contributed by atoms with Crippen LogP contribution in [0.4, 0.5) is 0 Å². The van der Waals surface area contributed by atoms with Crippen LogP contribution in [0.5, 0.6) is 5.75 Å². The standard InChI is InChI=1S/C22H23N3O4/c23-12-15-4-3-11-25(15)21(26)19-10-9-14(24-19)13-29-20-8-2-5-16-17(20)6-1-7-18(16)22(27)28/h1-2,5-8,14-15,19,24H,3-4,9-11,13H2,(H,27,28)/t14-,15+,19+/m1/s1. The SMILES string of the molecule is N#C[C@@H]1CCCN1C(=O)[C@@H]1CC[C@H](COc2cccc3c(C(=O)O)cccc23)N1. The molecule has 29 heavy (non-hydrogen) atoms. The monoisotopic (exact) mass is 393 g/mol. The zero-order valence-corrected chi connectivity index (χ0v) is 16.0. The Balaban J connectivity index is 1.41. The number of benzene rings is 2. The third-order valence-corrected chi connectivity index (χ3v) is 5.78. The van der Waals surface area contributed by atoms with Gasteiger partial charge in [-0.2, -0.15) is 5.26 Å². The number of ether oxygens (including phenoxy) is 1. The van der Waals surface area contributed by atoms with Crippen molar-refractivity contribution in [2.75, 3.05) is 13.2 Å². The summed E-state index contributed by atoms with van der Waals surface area (Å²) >= 11 is 0. The van der Waals surface area contributed by atoms with E-state index in [-0.39, 0.29) is 29.6 Å². The zero-order chi connectivity index (χ0) is 20.4. The summed E-state index contributed by atoms with van der Waals surface area (Å²) in [7, 11) is 0. The molecule has 2 fully saturated rings. The van der Waals surface area contributed by atoms with E-state index >= 15 is 0 Å². The van der Waals surface area contributed by atoms with E-state index in [0.717, 1.165) is 31.1 Å². The van der Waals surface area contributed by atoms with E-state index in [0.29, 0.717) is 24.3 Å². The molecule has 0 aromatic heterocycles. The lowest BCUT2D eigenvalue weighted by Gasteiger charge is -2.24. The molecule has 7 nitrogen and oxygen atoms in total. The van der Waals surface area contributed by atoms with Gasteiger partial charge in [-0.25, -0.2) is 4.79 Å². The number of carboxylic acid groups (broad SMARTS) is 1. The van der Waals surface area contributed by atoms with E-state index in [4.69, 9.17) is 4.74 Å². The lowest BCUT2D eigenvalue weighted by atomic mass is 10.0. The Morgan fingerprint density at radius 2 is 1.97 bits per heavy atom. The number of rotatable bonds is 5. The molecule has 0 aliphatic carbocycles. The Morgan fingerprint density at radius 1 is 1.17 bits per heavy atom. The quantitative estimate of drug-likeness (QED) is 0.809. The molecular formula is C22H23N3O4. The summed E-state index contributed by atoms with van der Waals surface area (Å²) in [4.78, 5) is 25.9. The van der Waals surface area contributed by atoms with Gasteiger partial charge in [0.15, 0.2) is 0 Å². The highest BCUT2D eigenvalue weighted by molar-refractivity contribution is 6.05. The molecule has 0 unspecified atom stereocenters. The van der Waals surface area contributed by atoms with Gasteiger partial charge in [0.05, 0.1) is 17.7 Å². The van der Waals surface area contributed by atoms with E-state index in [1.54, 1.807) is 29.2 Å². The summed E-state index contributed by atoms with van der Waals surface area (Å²) in [5, 5.41) is 23.3. The first-order chi connectivity index (χ1) is 14.1. The first-order valence-electron chi connectivity index (χ1n) is 9.92. The van der Waals surface area contributed by atoms with Crippen molar-refractivity contribution in [2.45, 2.75) is 43.8 Å². The maximum atomic E-state index is 12.7. The summed E-state index contributed by atoms with van der Waals surface area (Å²) < 4.78 is 6.00. The lowest BCUT2D eigenvalue weighted by molar-refractivity contribution is -0.133. The van der Waals surface area contributed by atoms with Crippen LogP contribution in [0.3, 0.4) is 0 Å². The van der Waals surface area contributed by atoms with Crippen LogP contribution in [0, 0.1) is 11.3 Å². The molecule has 2 aliphatic heterocycles. The number of aromatic carboxylic acids is 1. The minimum absolute atomic E-state index is 0.00723. The molecular weight excluding hydrogens is 370 g/mol. The molecule has 2 aromatic rings. The second-order valence-electron chi connectivity index (χ2n) is 7.59. The second-order valence-corrected chi connectivity index (χ2v) is 7.59. The summed E-state index contributed by atoms with van der Waals surface area (Å²) in [6.07, 6.45) is 3.16. The van der Waals surface area contributed by atoms with Crippen LogP contribution in [0.25, 0.3) is 10.8 Å². The zero-order valence-electron chi connectivity index (χ0n) is 16.0. The predicted octanol–water partition coefficient (Wildman–Crippen LogP) is 2.55. The highest BCUT2D eigenvalue weighted by Crippen LogP contribution is 2.29. The molecule has 150 valence electrons. The second kappa shape index (κ2) is 8.10. The van der Waals surface area contributed by atoms with Crippen molar-refractivity contribution in [2.24, 2.45) is 0 Å². The van der Waals surface area contributed by atoms with E-state index in [1.165, 1.54) is 0 Å². The number of amides is 1. The topological polar surface area (TPSA) is 103 Å². The molecule has 7 heteroatoms. The van der Waals surface area contributed by atoms with Crippen LogP contribution in [-0.2, 0) is 4.79 Å². The van der Waals surface area contributed by atoms with Gasteiger partial charge in [-0.1, -0.05) is 24.3 Å².